The number of nitrogens with one attached hydrogen (secondary N) is 3. The first-order valence-corrected chi connectivity index (χ1v) is 11.0. The van der Waals surface area contributed by atoms with Gasteiger partial charge < -0.3 is 15.5 Å². The Morgan fingerprint density at radius 3 is 2.59 bits per heavy atom. The van der Waals surface area contributed by atoms with Crippen LogP contribution >= 0.6 is 11.3 Å². The third-order valence-corrected chi connectivity index (χ3v) is 6.76. The maximum atomic E-state index is 13.2. The van der Waals surface area contributed by atoms with Crippen molar-refractivity contribution < 1.29 is 19.2 Å². The molecule has 1 saturated carbocycles. The van der Waals surface area contributed by atoms with Crippen LogP contribution in [0.3, 0.4) is 0 Å². The Morgan fingerprint density at radius 1 is 1.31 bits per heavy atom. The van der Waals surface area contributed by atoms with E-state index in [4.69, 9.17) is 0 Å². The van der Waals surface area contributed by atoms with Gasteiger partial charge >= 0.3 is 6.03 Å². The second-order valence-corrected chi connectivity index (χ2v) is 8.89. The van der Waals surface area contributed by atoms with Crippen LogP contribution in [0.1, 0.15) is 57.2 Å². The molecule has 0 aromatic carbocycles. The van der Waals surface area contributed by atoms with Crippen molar-refractivity contribution in [1.82, 2.24) is 20.9 Å². The lowest BCUT2D eigenvalue weighted by molar-refractivity contribution is -0.149. The summed E-state index contributed by atoms with van der Waals surface area (Å²) in [5.41, 5.74) is -1.05. The smallest absolute Gasteiger partial charge is 0.322 e. The van der Waals surface area contributed by atoms with Gasteiger partial charge in [-0.2, -0.15) is 0 Å². The van der Waals surface area contributed by atoms with Crippen LogP contribution in [0.2, 0.25) is 0 Å². The molecule has 1 aliphatic heterocycles. The molecule has 2 unspecified atom stereocenters. The molecule has 2 aliphatic rings. The molecular weight excluding hydrogens is 392 g/mol. The number of amides is 5. The summed E-state index contributed by atoms with van der Waals surface area (Å²) < 4.78 is 0. The van der Waals surface area contributed by atoms with Gasteiger partial charge in [0.05, 0.1) is 13.0 Å². The summed E-state index contributed by atoms with van der Waals surface area (Å²) in [7, 11) is 0. The van der Waals surface area contributed by atoms with Crippen LogP contribution in [0.15, 0.2) is 17.5 Å². The van der Waals surface area contributed by atoms with Crippen LogP contribution in [-0.4, -0.2) is 46.3 Å². The molecule has 158 valence electrons. The number of thiophene rings is 1. The standard InChI is InChI=1S/C20H28N4O4S/c1-3-20(2,18(27)21-13-7-4-5-8-13)24(12-14-9-6-10-29-14)16(25)11-15-17(26)23-19(28)22-15/h6,9-10,13,15H,3-5,7-8,11-12H2,1-2H3,(H,21,27)(H2,22,23,26,28). The summed E-state index contributed by atoms with van der Waals surface area (Å²) in [6.07, 6.45) is 4.36. The van der Waals surface area contributed by atoms with Crippen molar-refractivity contribution in [3.05, 3.63) is 22.4 Å². The lowest BCUT2D eigenvalue weighted by Crippen LogP contribution is -2.60. The Morgan fingerprint density at radius 2 is 2.03 bits per heavy atom. The lowest BCUT2D eigenvalue weighted by atomic mass is 9.93. The molecule has 0 radical (unpaired) electrons. The molecule has 3 rings (SSSR count). The maximum Gasteiger partial charge on any atom is 0.322 e. The molecule has 8 nitrogen and oxygen atoms in total. The highest BCUT2D eigenvalue weighted by Crippen LogP contribution is 2.27. The van der Waals surface area contributed by atoms with Crippen LogP contribution < -0.4 is 16.0 Å². The average molecular weight is 421 g/mol. The summed E-state index contributed by atoms with van der Waals surface area (Å²) in [6.45, 7) is 3.93. The quantitative estimate of drug-likeness (QED) is 0.558. The Hall–Kier alpha value is -2.42. The van der Waals surface area contributed by atoms with Gasteiger partial charge in [0.2, 0.25) is 11.8 Å². The van der Waals surface area contributed by atoms with Gasteiger partial charge in [0.25, 0.3) is 5.91 Å². The summed E-state index contributed by atoms with van der Waals surface area (Å²) >= 11 is 1.51. The van der Waals surface area contributed by atoms with Crippen LogP contribution in [0.5, 0.6) is 0 Å². The van der Waals surface area contributed by atoms with Gasteiger partial charge in [-0.25, -0.2) is 4.79 Å². The summed E-state index contributed by atoms with van der Waals surface area (Å²) in [5.74, 6) is -1.03. The second kappa shape index (κ2) is 8.94. The molecule has 1 saturated heterocycles. The van der Waals surface area contributed by atoms with Crippen molar-refractivity contribution >= 4 is 35.1 Å². The zero-order valence-corrected chi connectivity index (χ0v) is 17.6. The fourth-order valence-corrected chi connectivity index (χ4v) is 4.56. The molecule has 1 aromatic rings. The number of hydrogen-bond acceptors (Lipinski definition) is 5. The fraction of sp³-hybridized carbons (Fsp3) is 0.600. The Bertz CT molecular complexity index is 775. The minimum atomic E-state index is -1.05. The zero-order chi connectivity index (χ0) is 21.0. The largest absolute Gasteiger partial charge is 0.351 e. The number of nitrogens with zero attached hydrogens (tertiary/aromatic N) is 1. The van der Waals surface area contributed by atoms with Gasteiger partial charge in [0.1, 0.15) is 11.6 Å². The zero-order valence-electron chi connectivity index (χ0n) is 16.8. The van der Waals surface area contributed by atoms with E-state index in [1.54, 1.807) is 11.8 Å². The van der Waals surface area contributed by atoms with Crippen LogP contribution in [-0.2, 0) is 20.9 Å². The predicted octanol–water partition coefficient (Wildman–Crippen LogP) is 1.90. The summed E-state index contributed by atoms with van der Waals surface area (Å²) in [6, 6.07) is 2.44. The first-order valence-electron chi connectivity index (χ1n) is 10.1. The predicted molar refractivity (Wildman–Crippen MR) is 109 cm³/mol. The third kappa shape index (κ3) is 4.77. The van der Waals surface area contributed by atoms with Crippen LogP contribution in [0.4, 0.5) is 4.79 Å². The number of hydrogen-bond donors (Lipinski definition) is 3. The molecular formula is C20H28N4O4S. The highest BCUT2D eigenvalue weighted by Gasteiger charge is 2.43. The van der Waals surface area contributed by atoms with E-state index in [9.17, 15) is 19.2 Å². The normalized spacial score (nSPS) is 21.4. The maximum absolute atomic E-state index is 13.2. The first kappa shape index (κ1) is 21.3. The van der Waals surface area contributed by atoms with Crippen molar-refractivity contribution in [2.75, 3.05) is 0 Å². The number of rotatable bonds is 8. The highest BCUT2D eigenvalue weighted by atomic mass is 32.1. The third-order valence-electron chi connectivity index (χ3n) is 5.90. The molecule has 2 atom stereocenters. The van der Waals surface area contributed by atoms with Gasteiger partial charge in [0, 0.05) is 10.9 Å². The fourth-order valence-electron chi connectivity index (χ4n) is 3.87. The molecule has 0 bridgehead atoms. The van der Waals surface area contributed by atoms with E-state index in [2.05, 4.69) is 16.0 Å². The minimum Gasteiger partial charge on any atom is -0.351 e. The van der Waals surface area contributed by atoms with Crippen molar-refractivity contribution in [2.45, 2.75) is 76.5 Å². The van der Waals surface area contributed by atoms with Gasteiger partial charge in [-0.3, -0.25) is 19.7 Å². The summed E-state index contributed by atoms with van der Waals surface area (Å²) in [4.78, 5) is 52.3. The number of carbonyl (C=O) groups excluding carboxylic acids is 4. The molecule has 29 heavy (non-hydrogen) atoms. The molecule has 5 amide bonds. The lowest BCUT2D eigenvalue weighted by Gasteiger charge is -2.40. The van der Waals surface area contributed by atoms with E-state index in [0.717, 1.165) is 30.6 Å². The van der Waals surface area contributed by atoms with Crippen LogP contribution in [0, 0.1) is 0 Å². The van der Waals surface area contributed by atoms with E-state index >= 15 is 0 Å². The molecule has 2 heterocycles. The Kier molecular flexibility index (Phi) is 6.56. The van der Waals surface area contributed by atoms with Crippen molar-refractivity contribution in [3.63, 3.8) is 0 Å². The second-order valence-electron chi connectivity index (χ2n) is 7.86. The Balaban J connectivity index is 1.81. The van der Waals surface area contributed by atoms with E-state index in [1.165, 1.54) is 11.3 Å². The van der Waals surface area contributed by atoms with Crippen molar-refractivity contribution in [1.29, 1.82) is 0 Å². The number of imide groups is 1. The van der Waals surface area contributed by atoms with E-state index < -0.39 is 23.5 Å². The molecule has 1 aliphatic carbocycles. The average Bonchev–Trinajstić information content (AvgIpc) is 3.43. The van der Waals surface area contributed by atoms with Crippen molar-refractivity contribution in [3.8, 4) is 0 Å². The van der Waals surface area contributed by atoms with Crippen molar-refractivity contribution in [2.24, 2.45) is 0 Å². The van der Waals surface area contributed by atoms with Gasteiger partial charge in [0.15, 0.2) is 0 Å². The highest BCUT2D eigenvalue weighted by molar-refractivity contribution is 7.09. The van der Waals surface area contributed by atoms with Gasteiger partial charge in [-0.1, -0.05) is 25.8 Å². The molecule has 1 aromatic heterocycles. The van der Waals surface area contributed by atoms with Gasteiger partial charge in [-0.05, 0) is 37.6 Å². The van der Waals surface area contributed by atoms with Crippen LogP contribution in [0.25, 0.3) is 0 Å². The van der Waals surface area contributed by atoms with E-state index in [0.29, 0.717) is 6.42 Å². The number of urea groups is 1. The molecule has 2 fully saturated rings. The molecule has 0 spiro atoms. The Labute approximate surface area is 174 Å². The van der Waals surface area contributed by atoms with E-state index in [-0.39, 0.29) is 30.8 Å². The number of carbonyl (C=O) groups is 4. The topological polar surface area (TPSA) is 108 Å². The molecule has 9 heteroatoms. The van der Waals surface area contributed by atoms with E-state index in [1.807, 2.05) is 24.4 Å². The van der Waals surface area contributed by atoms with Gasteiger partial charge in [-0.15, -0.1) is 11.3 Å². The molecule has 3 N–H and O–H groups in total. The minimum absolute atomic E-state index is 0.145. The first-order chi connectivity index (χ1) is 13.8. The SMILES string of the molecule is CCC(C)(C(=O)NC1CCCC1)N(Cc1cccs1)C(=O)CC1NC(=O)NC1=O. The summed E-state index contributed by atoms with van der Waals surface area (Å²) in [5, 5.41) is 9.64. The monoisotopic (exact) mass is 420 g/mol.